The van der Waals surface area contributed by atoms with Gasteiger partial charge in [0.1, 0.15) is 5.02 Å². The van der Waals surface area contributed by atoms with Gasteiger partial charge in [0.25, 0.3) is 5.69 Å². The zero-order valence-corrected chi connectivity index (χ0v) is 13.1. The van der Waals surface area contributed by atoms with Crippen molar-refractivity contribution in [1.82, 2.24) is 0 Å². The molecule has 106 valence electrons. The summed E-state index contributed by atoms with van der Waals surface area (Å²) in [6, 6.07) is 4.99. The molecule has 0 spiro atoms. The highest BCUT2D eigenvalue weighted by molar-refractivity contribution is 7.14. The number of thiophene rings is 1. The maximum absolute atomic E-state index is 10.8. The summed E-state index contributed by atoms with van der Waals surface area (Å²) in [6.45, 7) is 3.80. The fraction of sp³-hybridized carbons (Fsp3) is 0.231. The summed E-state index contributed by atoms with van der Waals surface area (Å²) < 4.78 is 0.729. The molecule has 7 heteroatoms. The van der Waals surface area contributed by atoms with Crippen molar-refractivity contribution < 1.29 is 4.92 Å². The van der Waals surface area contributed by atoms with Gasteiger partial charge in [-0.25, -0.2) is 0 Å². The van der Waals surface area contributed by atoms with Gasteiger partial charge in [0.05, 0.1) is 9.26 Å². The second kappa shape index (κ2) is 5.99. The molecule has 1 unspecified atom stereocenters. The van der Waals surface area contributed by atoms with Crippen LogP contribution in [-0.4, -0.2) is 4.92 Å². The van der Waals surface area contributed by atoms with Crippen molar-refractivity contribution in [2.45, 2.75) is 19.9 Å². The van der Waals surface area contributed by atoms with Crippen LogP contribution in [0.1, 0.15) is 24.1 Å². The number of hydrogen-bond donors (Lipinski definition) is 1. The molecule has 0 saturated heterocycles. The first-order valence-electron chi connectivity index (χ1n) is 5.83. The molecule has 0 aliphatic rings. The lowest BCUT2D eigenvalue weighted by Crippen LogP contribution is -2.07. The van der Waals surface area contributed by atoms with E-state index in [1.165, 1.54) is 17.4 Å². The van der Waals surface area contributed by atoms with Crippen molar-refractivity contribution in [1.29, 1.82) is 0 Å². The molecular weight excluding hydrogens is 319 g/mol. The molecule has 0 aliphatic heterocycles. The average molecular weight is 331 g/mol. The van der Waals surface area contributed by atoms with Crippen molar-refractivity contribution >= 4 is 45.9 Å². The second-order valence-corrected chi connectivity index (χ2v) is 6.38. The minimum Gasteiger partial charge on any atom is -0.378 e. The van der Waals surface area contributed by atoms with Gasteiger partial charge in [0.15, 0.2) is 0 Å². The second-order valence-electron chi connectivity index (χ2n) is 4.43. The largest absolute Gasteiger partial charge is 0.378 e. The van der Waals surface area contributed by atoms with Gasteiger partial charge in [-0.3, -0.25) is 10.1 Å². The number of anilines is 1. The van der Waals surface area contributed by atoms with Crippen molar-refractivity contribution in [3.8, 4) is 0 Å². The quantitative estimate of drug-likeness (QED) is 0.599. The van der Waals surface area contributed by atoms with Gasteiger partial charge in [-0.15, -0.1) is 11.3 Å². The Hall–Kier alpha value is -1.30. The van der Waals surface area contributed by atoms with Gasteiger partial charge in [-0.2, -0.15) is 0 Å². The van der Waals surface area contributed by atoms with Crippen LogP contribution in [0.3, 0.4) is 0 Å². The van der Waals surface area contributed by atoms with E-state index in [-0.39, 0.29) is 16.8 Å². The van der Waals surface area contributed by atoms with Crippen LogP contribution < -0.4 is 5.32 Å². The molecular formula is C13H12Cl2N2O2S. The molecule has 1 heterocycles. The van der Waals surface area contributed by atoms with E-state index < -0.39 is 4.92 Å². The Kier molecular flexibility index (Phi) is 4.52. The molecule has 1 N–H and O–H groups in total. The highest BCUT2D eigenvalue weighted by atomic mass is 35.5. The number of nitro groups is 1. The van der Waals surface area contributed by atoms with E-state index in [2.05, 4.69) is 5.32 Å². The molecule has 1 aromatic heterocycles. The van der Waals surface area contributed by atoms with Crippen molar-refractivity contribution in [3.63, 3.8) is 0 Å². The number of aryl methyl sites for hydroxylation is 1. The summed E-state index contributed by atoms with van der Waals surface area (Å²) in [5.41, 5.74) is 2.53. The maximum Gasteiger partial charge on any atom is 0.288 e. The van der Waals surface area contributed by atoms with Crippen LogP contribution in [0.15, 0.2) is 23.6 Å². The molecule has 2 aromatic rings. The molecule has 0 amide bonds. The summed E-state index contributed by atoms with van der Waals surface area (Å²) in [6.07, 6.45) is 0. The molecule has 2 rings (SSSR count). The first-order chi connectivity index (χ1) is 9.38. The van der Waals surface area contributed by atoms with E-state index in [0.717, 1.165) is 21.2 Å². The number of rotatable bonds is 4. The van der Waals surface area contributed by atoms with E-state index in [9.17, 15) is 10.1 Å². The predicted octanol–water partition coefficient (Wildman–Crippen LogP) is 5.44. The topological polar surface area (TPSA) is 55.2 Å². The molecule has 20 heavy (non-hydrogen) atoms. The Labute approximate surface area is 130 Å². The van der Waals surface area contributed by atoms with Crippen LogP contribution in [0, 0.1) is 17.0 Å². The molecule has 0 fully saturated rings. The van der Waals surface area contributed by atoms with E-state index in [1.807, 2.05) is 18.4 Å². The van der Waals surface area contributed by atoms with Crippen LogP contribution in [0.25, 0.3) is 0 Å². The first-order valence-corrected chi connectivity index (χ1v) is 7.47. The molecule has 0 radical (unpaired) electrons. The van der Waals surface area contributed by atoms with Gasteiger partial charge >= 0.3 is 0 Å². The third-order valence-electron chi connectivity index (χ3n) is 2.95. The van der Waals surface area contributed by atoms with Gasteiger partial charge in [0, 0.05) is 17.8 Å². The Morgan fingerprint density at radius 2 is 2.05 bits per heavy atom. The number of nitrogens with one attached hydrogen (secondary N) is 1. The average Bonchev–Trinajstić information content (AvgIpc) is 2.79. The number of benzene rings is 1. The Balaban J connectivity index is 2.25. The number of nitrogens with zero attached hydrogens (tertiary/aromatic N) is 1. The van der Waals surface area contributed by atoms with Crippen molar-refractivity contribution in [2.24, 2.45) is 0 Å². The van der Waals surface area contributed by atoms with Crippen LogP contribution in [-0.2, 0) is 0 Å². The monoisotopic (exact) mass is 330 g/mol. The SMILES string of the molecule is Cc1cc([N+](=O)[O-])c(Cl)cc1NC(C)c1csc(Cl)c1. The smallest absolute Gasteiger partial charge is 0.288 e. The lowest BCUT2D eigenvalue weighted by atomic mass is 10.1. The number of hydrogen-bond acceptors (Lipinski definition) is 4. The minimum atomic E-state index is -0.485. The minimum absolute atomic E-state index is 0.0370. The van der Waals surface area contributed by atoms with E-state index >= 15 is 0 Å². The summed E-state index contributed by atoms with van der Waals surface area (Å²) >= 11 is 13.3. The number of halogens is 2. The molecule has 0 saturated carbocycles. The third kappa shape index (κ3) is 3.23. The van der Waals surface area contributed by atoms with Crippen LogP contribution in [0.2, 0.25) is 9.36 Å². The van der Waals surface area contributed by atoms with Gasteiger partial charge in [-0.1, -0.05) is 23.2 Å². The number of nitro benzene ring substituents is 1. The lowest BCUT2D eigenvalue weighted by molar-refractivity contribution is -0.384. The standard InChI is InChI=1S/C13H12Cl2N2O2S/c1-7-3-12(17(18)19)10(14)5-11(7)16-8(2)9-4-13(15)20-6-9/h3-6,8,16H,1-2H3. The first kappa shape index (κ1) is 15.1. The highest BCUT2D eigenvalue weighted by Gasteiger charge is 2.16. The van der Waals surface area contributed by atoms with Gasteiger partial charge < -0.3 is 5.32 Å². The van der Waals surface area contributed by atoms with E-state index in [0.29, 0.717) is 0 Å². The Bertz CT molecular complexity index is 658. The van der Waals surface area contributed by atoms with Crippen molar-refractivity contribution in [3.05, 3.63) is 54.2 Å². The highest BCUT2D eigenvalue weighted by Crippen LogP contribution is 2.33. The predicted molar refractivity (Wildman–Crippen MR) is 84.2 cm³/mol. The zero-order chi connectivity index (χ0) is 14.9. The zero-order valence-electron chi connectivity index (χ0n) is 10.8. The summed E-state index contributed by atoms with van der Waals surface area (Å²) in [5.74, 6) is 0. The Morgan fingerprint density at radius 1 is 1.35 bits per heavy atom. The maximum atomic E-state index is 10.8. The van der Waals surface area contributed by atoms with Crippen LogP contribution >= 0.6 is 34.5 Å². The van der Waals surface area contributed by atoms with Crippen LogP contribution in [0.4, 0.5) is 11.4 Å². The molecule has 0 bridgehead atoms. The molecule has 4 nitrogen and oxygen atoms in total. The molecule has 1 aromatic carbocycles. The fourth-order valence-corrected chi connectivity index (χ4v) is 3.05. The van der Waals surface area contributed by atoms with Crippen molar-refractivity contribution in [2.75, 3.05) is 5.32 Å². The third-order valence-corrected chi connectivity index (χ3v) is 4.36. The van der Waals surface area contributed by atoms with Gasteiger partial charge in [-0.05, 0) is 42.5 Å². The fourth-order valence-electron chi connectivity index (χ4n) is 1.83. The summed E-state index contributed by atoms with van der Waals surface area (Å²) in [5, 5.41) is 16.2. The van der Waals surface area contributed by atoms with E-state index in [4.69, 9.17) is 23.2 Å². The normalized spacial score (nSPS) is 12.2. The summed E-state index contributed by atoms with van der Waals surface area (Å²) in [4.78, 5) is 10.3. The van der Waals surface area contributed by atoms with Gasteiger partial charge in [0.2, 0.25) is 0 Å². The van der Waals surface area contributed by atoms with Crippen LogP contribution in [0.5, 0.6) is 0 Å². The lowest BCUT2D eigenvalue weighted by Gasteiger charge is -2.16. The molecule has 1 atom stereocenters. The van der Waals surface area contributed by atoms with E-state index in [1.54, 1.807) is 13.0 Å². The molecule has 0 aliphatic carbocycles. The summed E-state index contributed by atoms with van der Waals surface area (Å²) in [7, 11) is 0. The Morgan fingerprint density at radius 3 is 2.60 bits per heavy atom.